The number of amides is 1. The number of ether oxygens (including phenoxy) is 2. The highest BCUT2D eigenvalue weighted by atomic mass is 16.5. The van der Waals surface area contributed by atoms with Gasteiger partial charge in [0.15, 0.2) is 11.5 Å². The molecule has 0 radical (unpaired) electrons. The van der Waals surface area contributed by atoms with Crippen molar-refractivity contribution in [2.45, 2.75) is 38.1 Å². The molecule has 1 amide bonds. The van der Waals surface area contributed by atoms with Crippen LogP contribution >= 0.6 is 0 Å². The molecule has 0 bridgehead atoms. The predicted octanol–water partition coefficient (Wildman–Crippen LogP) is 3.10. The molecule has 142 valence electrons. The molecule has 1 fully saturated rings. The molecule has 1 atom stereocenters. The molecule has 1 aromatic carbocycles. The van der Waals surface area contributed by atoms with Crippen molar-refractivity contribution in [3.05, 3.63) is 35.9 Å². The number of rotatable bonds is 7. The maximum absolute atomic E-state index is 12.5. The first kappa shape index (κ1) is 18.8. The number of nitrogens with zero attached hydrogens (tertiary/aromatic N) is 1. The summed E-state index contributed by atoms with van der Waals surface area (Å²) in [5, 5.41) is 3.20. The molecule has 0 unspecified atom stereocenters. The Morgan fingerprint density at radius 2 is 1.96 bits per heavy atom. The monoisotopic (exact) mass is 358 g/mol. The van der Waals surface area contributed by atoms with E-state index >= 15 is 0 Å². The summed E-state index contributed by atoms with van der Waals surface area (Å²) in [6, 6.07) is 4.27. The summed E-state index contributed by atoms with van der Waals surface area (Å²) in [5.74, 6) is 1.89. The second kappa shape index (κ2) is 8.58. The van der Waals surface area contributed by atoms with Crippen LogP contribution in [0.3, 0.4) is 0 Å². The van der Waals surface area contributed by atoms with Crippen LogP contribution in [0.2, 0.25) is 0 Å². The lowest BCUT2D eigenvalue weighted by Crippen LogP contribution is -2.43. The SMILES string of the molecule is C=CCN1CCc2cc(OC)c(OC)cc2[C@H]1CNC(=O)C1CCCC1. The van der Waals surface area contributed by atoms with Crippen molar-refractivity contribution in [1.29, 1.82) is 0 Å². The van der Waals surface area contributed by atoms with Crippen LogP contribution in [0.1, 0.15) is 42.9 Å². The van der Waals surface area contributed by atoms with Crippen molar-refractivity contribution in [2.75, 3.05) is 33.9 Å². The third-order valence-electron chi connectivity index (χ3n) is 5.67. The first-order valence-corrected chi connectivity index (χ1v) is 9.55. The molecule has 2 aliphatic rings. The van der Waals surface area contributed by atoms with Crippen molar-refractivity contribution in [3.8, 4) is 11.5 Å². The Hall–Kier alpha value is -2.01. The van der Waals surface area contributed by atoms with Gasteiger partial charge in [0, 0.05) is 25.6 Å². The van der Waals surface area contributed by atoms with Crippen LogP contribution in [0, 0.1) is 5.92 Å². The van der Waals surface area contributed by atoms with Crippen LogP contribution < -0.4 is 14.8 Å². The molecule has 0 saturated heterocycles. The highest BCUT2D eigenvalue weighted by molar-refractivity contribution is 5.78. The number of hydrogen-bond donors (Lipinski definition) is 1. The van der Waals surface area contributed by atoms with Gasteiger partial charge in [0.25, 0.3) is 0 Å². The van der Waals surface area contributed by atoms with Gasteiger partial charge in [-0.15, -0.1) is 6.58 Å². The van der Waals surface area contributed by atoms with Gasteiger partial charge in [0.2, 0.25) is 5.91 Å². The Balaban J connectivity index is 1.82. The van der Waals surface area contributed by atoms with Crippen molar-refractivity contribution >= 4 is 5.91 Å². The molecule has 5 heteroatoms. The summed E-state index contributed by atoms with van der Waals surface area (Å²) < 4.78 is 11.0. The van der Waals surface area contributed by atoms with Crippen LogP contribution in [0.4, 0.5) is 0 Å². The molecule has 1 aromatic rings. The molecule has 1 saturated carbocycles. The van der Waals surface area contributed by atoms with E-state index in [9.17, 15) is 4.79 Å². The number of benzene rings is 1. The van der Waals surface area contributed by atoms with Gasteiger partial charge in [0.05, 0.1) is 20.3 Å². The number of carbonyl (C=O) groups is 1. The molecule has 26 heavy (non-hydrogen) atoms. The maximum Gasteiger partial charge on any atom is 0.223 e. The number of methoxy groups -OCH3 is 2. The molecule has 0 spiro atoms. The van der Waals surface area contributed by atoms with Gasteiger partial charge >= 0.3 is 0 Å². The second-order valence-corrected chi connectivity index (χ2v) is 7.18. The first-order chi connectivity index (χ1) is 12.7. The fourth-order valence-electron chi connectivity index (χ4n) is 4.23. The number of carbonyl (C=O) groups excluding carboxylic acids is 1. The normalized spacial score (nSPS) is 20.5. The van der Waals surface area contributed by atoms with Gasteiger partial charge in [-0.2, -0.15) is 0 Å². The van der Waals surface area contributed by atoms with Crippen LogP contribution in [0.5, 0.6) is 11.5 Å². The summed E-state index contributed by atoms with van der Waals surface area (Å²) in [4.78, 5) is 14.9. The third kappa shape index (κ3) is 3.88. The van der Waals surface area contributed by atoms with Crippen molar-refractivity contribution < 1.29 is 14.3 Å². The lowest BCUT2D eigenvalue weighted by atomic mass is 9.91. The minimum Gasteiger partial charge on any atom is -0.493 e. The van der Waals surface area contributed by atoms with E-state index in [1.165, 1.54) is 24.0 Å². The van der Waals surface area contributed by atoms with Gasteiger partial charge in [-0.1, -0.05) is 18.9 Å². The molecule has 1 aliphatic carbocycles. The van der Waals surface area contributed by atoms with Gasteiger partial charge in [-0.05, 0) is 42.5 Å². The van der Waals surface area contributed by atoms with Crippen LogP contribution in [-0.4, -0.2) is 44.7 Å². The van der Waals surface area contributed by atoms with Gasteiger partial charge in [-0.25, -0.2) is 0 Å². The average Bonchev–Trinajstić information content (AvgIpc) is 3.20. The fourth-order valence-corrected chi connectivity index (χ4v) is 4.23. The molecule has 1 aliphatic heterocycles. The second-order valence-electron chi connectivity index (χ2n) is 7.18. The van der Waals surface area contributed by atoms with Gasteiger partial charge in [0.1, 0.15) is 0 Å². The van der Waals surface area contributed by atoms with Crippen molar-refractivity contribution in [3.63, 3.8) is 0 Å². The van der Waals surface area contributed by atoms with Crippen LogP contribution in [-0.2, 0) is 11.2 Å². The largest absolute Gasteiger partial charge is 0.493 e. The fraction of sp³-hybridized carbons (Fsp3) is 0.571. The summed E-state index contributed by atoms with van der Waals surface area (Å²) in [7, 11) is 3.32. The zero-order valence-electron chi connectivity index (χ0n) is 15.9. The Bertz CT molecular complexity index is 653. The minimum atomic E-state index is 0.127. The smallest absolute Gasteiger partial charge is 0.223 e. The highest BCUT2D eigenvalue weighted by Gasteiger charge is 2.30. The summed E-state index contributed by atoms with van der Waals surface area (Å²) in [5.41, 5.74) is 2.48. The zero-order valence-corrected chi connectivity index (χ0v) is 15.9. The Kier molecular flexibility index (Phi) is 6.20. The topological polar surface area (TPSA) is 50.8 Å². The third-order valence-corrected chi connectivity index (χ3v) is 5.67. The van der Waals surface area contributed by atoms with E-state index < -0.39 is 0 Å². The highest BCUT2D eigenvalue weighted by Crippen LogP contribution is 2.38. The van der Waals surface area contributed by atoms with E-state index in [4.69, 9.17) is 9.47 Å². The van der Waals surface area contributed by atoms with Crippen LogP contribution in [0.25, 0.3) is 0 Å². The lowest BCUT2D eigenvalue weighted by molar-refractivity contribution is -0.125. The molecular weight excluding hydrogens is 328 g/mol. The standard InChI is InChI=1S/C21H30N2O3/c1-4-10-23-11-9-16-12-19(25-2)20(26-3)13-17(16)18(23)14-22-21(24)15-7-5-6-8-15/h4,12-13,15,18H,1,5-11,14H2,2-3H3,(H,22,24)/t18-/m1/s1. The first-order valence-electron chi connectivity index (χ1n) is 9.55. The Morgan fingerprint density at radius 3 is 2.62 bits per heavy atom. The van der Waals surface area contributed by atoms with E-state index in [1.54, 1.807) is 14.2 Å². The molecule has 1 heterocycles. The molecule has 5 nitrogen and oxygen atoms in total. The number of hydrogen-bond acceptors (Lipinski definition) is 4. The van der Waals surface area contributed by atoms with Crippen LogP contribution in [0.15, 0.2) is 24.8 Å². The van der Waals surface area contributed by atoms with Gasteiger partial charge < -0.3 is 14.8 Å². The molecule has 3 rings (SSSR count). The Morgan fingerprint density at radius 1 is 1.27 bits per heavy atom. The quantitative estimate of drug-likeness (QED) is 0.761. The summed E-state index contributed by atoms with van der Waals surface area (Å²) in [6.45, 7) is 6.25. The van der Waals surface area contributed by atoms with Gasteiger partial charge in [-0.3, -0.25) is 9.69 Å². The maximum atomic E-state index is 12.5. The zero-order chi connectivity index (χ0) is 18.5. The predicted molar refractivity (Wildman–Crippen MR) is 103 cm³/mol. The van der Waals surface area contributed by atoms with E-state index in [0.717, 1.165) is 43.9 Å². The molecular formula is C21H30N2O3. The van der Waals surface area contributed by atoms with E-state index in [2.05, 4.69) is 28.9 Å². The lowest BCUT2D eigenvalue weighted by Gasteiger charge is -2.37. The molecule has 1 N–H and O–H groups in total. The van der Waals surface area contributed by atoms with E-state index in [1.807, 2.05) is 6.08 Å². The van der Waals surface area contributed by atoms with Crippen molar-refractivity contribution in [2.24, 2.45) is 5.92 Å². The summed E-state index contributed by atoms with van der Waals surface area (Å²) in [6.07, 6.45) is 7.27. The van der Waals surface area contributed by atoms with E-state index in [-0.39, 0.29) is 17.9 Å². The van der Waals surface area contributed by atoms with E-state index in [0.29, 0.717) is 6.54 Å². The van der Waals surface area contributed by atoms with Crippen molar-refractivity contribution in [1.82, 2.24) is 10.2 Å². The Labute approximate surface area is 156 Å². The number of nitrogens with one attached hydrogen (secondary N) is 1. The summed E-state index contributed by atoms with van der Waals surface area (Å²) >= 11 is 0. The molecule has 0 aromatic heterocycles. The average molecular weight is 358 g/mol. The minimum absolute atomic E-state index is 0.127. The number of fused-ring (bicyclic) bond motifs is 1.